The molecule has 0 unspecified atom stereocenters. The van der Waals surface area contributed by atoms with Gasteiger partial charge in [-0.25, -0.2) is 9.97 Å². The van der Waals surface area contributed by atoms with Crippen molar-refractivity contribution in [3.05, 3.63) is 16.0 Å². The molecule has 72 valence electrons. The van der Waals surface area contributed by atoms with Crippen molar-refractivity contribution in [2.45, 2.75) is 5.03 Å². The molecule has 0 fully saturated rings. The molecule has 0 N–H and O–H groups in total. The fourth-order valence-electron chi connectivity index (χ4n) is 0.656. The molecule has 0 atom stereocenters. The predicted molar refractivity (Wildman–Crippen MR) is 57.3 cm³/mol. The lowest BCUT2D eigenvalue weighted by Crippen LogP contribution is -1.93. The molecule has 0 bridgehead atoms. The molecule has 0 aliphatic heterocycles. The Kier molecular flexibility index (Phi) is 5.01. The Labute approximate surface area is 94.4 Å². The standard InChI is InChI=1S/C7H8BrClN2OS/c1-12-2-3-13-7-5(8)6(9)10-4-11-7/h4H,2-3H2,1H3. The first-order chi connectivity index (χ1) is 6.25. The van der Waals surface area contributed by atoms with Crippen LogP contribution in [0.3, 0.4) is 0 Å². The van der Waals surface area contributed by atoms with Crippen LogP contribution in [0.1, 0.15) is 0 Å². The van der Waals surface area contributed by atoms with Crippen molar-refractivity contribution in [1.29, 1.82) is 0 Å². The lowest BCUT2D eigenvalue weighted by molar-refractivity contribution is 0.218. The third-order valence-corrected chi connectivity index (χ3v) is 3.72. The molecule has 0 radical (unpaired) electrons. The van der Waals surface area contributed by atoms with Crippen LogP contribution < -0.4 is 0 Å². The third kappa shape index (κ3) is 3.42. The maximum atomic E-state index is 5.78. The van der Waals surface area contributed by atoms with Gasteiger partial charge in [0.2, 0.25) is 0 Å². The molecule has 0 aromatic carbocycles. The largest absolute Gasteiger partial charge is 0.384 e. The number of hydrogen-bond donors (Lipinski definition) is 0. The molecule has 1 aromatic heterocycles. The summed E-state index contributed by atoms with van der Waals surface area (Å²) in [6.45, 7) is 0.693. The van der Waals surface area contributed by atoms with Crippen molar-refractivity contribution in [2.75, 3.05) is 19.5 Å². The maximum absolute atomic E-state index is 5.78. The molecule has 0 spiro atoms. The first kappa shape index (κ1) is 11.2. The van der Waals surface area contributed by atoms with Gasteiger partial charge in [-0.2, -0.15) is 0 Å². The minimum atomic E-state index is 0.440. The quantitative estimate of drug-likeness (QED) is 0.483. The van der Waals surface area contributed by atoms with Gasteiger partial charge >= 0.3 is 0 Å². The highest BCUT2D eigenvalue weighted by atomic mass is 79.9. The van der Waals surface area contributed by atoms with E-state index in [0.29, 0.717) is 11.8 Å². The Bertz CT molecular complexity index is 287. The smallest absolute Gasteiger partial charge is 0.147 e. The van der Waals surface area contributed by atoms with Crippen molar-refractivity contribution >= 4 is 39.3 Å². The lowest BCUT2D eigenvalue weighted by Gasteiger charge is -2.02. The van der Waals surface area contributed by atoms with Gasteiger partial charge in [0.25, 0.3) is 0 Å². The van der Waals surface area contributed by atoms with E-state index >= 15 is 0 Å². The zero-order valence-electron chi connectivity index (χ0n) is 6.96. The van der Waals surface area contributed by atoms with Crippen LogP contribution in [0.15, 0.2) is 15.8 Å². The van der Waals surface area contributed by atoms with E-state index in [1.165, 1.54) is 6.33 Å². The molecule has 0 aliphatic carbocycles. The van der Waals surface area contributed by atoms with Crippen LogP contribution in [0.2, 0.25) is 5.15 Å². The Hall–Kier alpha value is 0.160. The van der Waals surface area contributed by atoms with Crippen LogP contribution in [-0.2, 0) is 4.74 Å². The van der Waals surface area contributed by atoms with Crippen molar-refractivity contribution < 1.29 is 4.74 Å². The highest BCUT2D eigenvalue weighted by molar-refractivity contribution is 9.10. The second kappa shape index (κ2) is 5.80. The first-order valence-corrected chi connectivity index (χ1v) is 5.69. The van der Waals surface area contributed by atoms with Crippen molar-refractivity contribution in [3.8, 4) is 0 Å². The number of ether oxygens (including phenoxy) is 1. The molecule has 0 amide bonds. The van der Waals surface area contributed by atoms with Crippen LogP contribution in [0, 0.1) is 0 Å². The van der Waals surface area contributed by atoms with E-state index in [2.05, 4.69) is 25.9 Å². The SMILES string of the molecule is COCCSc1ncnc(Cl)c1Br. The third-order valence-electron chi connectivity index (χ3n) is 1.24. The van der Waals surface area contributed by atoms with Crippen molar-refractivity contribution in [1.82, 2.24) is 9.97 Å². The van der Waals surface area contributed by atoms with Gasteiger partial charge in [-0.15, -0.1) is 11.8 Å². The highest BCUT2D eigenvalue weighted by Crippen LogP contribution is 2.29. The average Bonchev–Trinajstić information content (AvgIpc) is 2.13. The second-order valence-corrected chi connectivity index (χ2v) is 4.36. The maximum Gasteiger partial charge on any atom is 0.147 e. The summed E-state index contributed by atoms with van der Waals surface area (Å²) in [5.74, 6) is 0.850. The molecule has 1 aromatic rings. The van der Waals surface area contributed by atoms with Crippen LogP contribution in [-0.4, -0.2) is 29.4 Å². The van der Waals surface area contributed by atoms with Gasteiger partial charge in [-0.1, -0.05) is 11.6 Å². The molecule has 0 saturated carbocycles. The normalized spacial score (nSPS) is 10.4. The summed E-state index contributed by atoms with van der Waals surface area (Å²) in [4.78, 5) is 7.91. The van der Waals surface area contributed by atoms with E-state index < -0.39 is 0 Å². The number of nitrogens with zero attached hydrogens (tertiary/aromatic N) is 2. The second-order valence-electron chi connectivity index (χ2n) is 2.12. The van der Waals surface area contributed by atoms with E-state index in [1.54, 1.807) is 18.9 Å². The summed E-state index contributed by atoms with van der Waals surface area (Å²) < 4.78 is 5.67. The molecule has 0 aliphatic rings. The minimum absolute atomic E-state index is 0.440. The molecule has 1 heterocycles. The fraction of sp³-hybridized carbons (Fsp3) is 0.429. The van der Waals surface area contributed by atoms with Crippen LogP contribution in [0.4, 0.5) is 0 Å². The summed E-state index contributed by atoms with van der Waals surface area (Å²) in [6.07, 6.45) is 1.45. The number of rotatable bonds is 4. The Morgan fingerprint density at radius 2 is 2.38 bits per heavy atom. The Balaban J connectivity index is 2.61. The van der Waals surface area contributed by atoms with Gasteiger partial charge in [0.1, 0.15) is 16.5 Å². The number of thioether (sulfide) groups is 1. The summed E-state index contributed by atoms with van der Waals surface area (Å²) in [7, 11) is 1.67. The number of halogens is 2. The average molecular weight is 284 g/mol. The van der Waals surface area contributed by atoms with Gasteiger partial charge in [-0.3, -0.25) is 0 Å². The van der Waals surface area contributed by atoms with Gasteiger partial charge in [0, 0.05) is 12.9 Å². The molecule has 0 saturated heterocycles. The zero-order chi connectivity index (χ0) is 9.68. The summed E-state index contributed by atoms with van der Waals surface area (Å²) in [5.41, 5.74) is 0. The van der Waals surface area contributed by atoms with Gasteiger partial charge < -0.3 is 4.74 Å². The Morgan fingerprint density at radius 3 is 3.08 bits per heavy atom. The predicted octanol–water partition coefficient (Wildman–Crippen LogP) is 2.63. The minimum Gasteiger partial charge on any atom is -0.384 e. The van der Waals surface area contributed by atoms with Crippen molar-refractivity contribution in [3.63, 3.8) is 0 Å². The van der Waals surface area contributed by atoms with E-state index in [0.717, 1.165) is 15.3 Å². The fourth-order valence-corrected chi connectivity index (χ4v) is 2.18. The van der Waals surface area contributed by atoms with E-state index in [9.17, 15) is 0 Å². The highest BCUT2D eigenvalue weighted by Gasteiger charge is 2.06. The monoisotopic (exact) mass is 282 g/mol. The van der Waals surface area contributed by atoms with Gasteiger partial charge in [0.05, 0.1) is 11.1 Å². The van der Waals surface area contributed by atoms with Crippen LogP contribution >= 0.6 is 39.3 Å². The molecule has 1 rings (SSSR count). The van der Waals surface area contributed by atoms with Gasteiger partial charge in [0.15, 0.2) is 0 Å². The summed E-state index contributed by atoms with van der Waals surface area (Å²) in [5, 5.41) is 1.28. The zero-order valence-corrected chi connectivity index (χ0v) is 10.1. The number of hydrogen-bond acceptors (Lipinski definition) is 4. The van der Waals surface area contributed by atoms with Crippen LogP contribution in [0.5, 0.6) is 0 Å². The van der Waals surface area contributed by atoms with E-state index in [4.69, 9.17) is 16.3 Å². The molecule has 3 nitrogen and oxygen atoms in total. The van der Waals surface area contributed by atoms with E-state index in [-0.39, 0.29) is 0 Å². The lowest BCUT2D eigenvalue weighted by atomic mass is 10.7. The number of aromatic nitrogens is 2. The number of methoxy groups -OCH3 is 1. The van der Waals surface area contributed by atoms with Crippen LogP contribution in [0.25, 0.3) is 0 Å². The molecule has 6 heteroatoms. The summed E-state index contributed by atoms with van der Waals surface area (Å²) in [6, 6.07) is 0. The van der Waals surface area contributed by atoms with Crippen molar-refractivity contribution in [2.24, 2.45) is 0 Å². The first-order valence-electron chi connectivity index (χ1n) is 3.53. The molecular formula is C7H8BrClN2OS. The molecule has 13 heavy (non-hydrogen) atoms. The Morgan fingerprint density at radius 1 is 1.62 bits per heavy atom. The summed E-state index contributed by atoms with van der Waals surface area (Å²) >= 11 is 10.7. The van der Waals surface area contributed by atoms with Gasteiger partial charge in [-0.05, 0) is 15.9 Å². The molecular weight excluding hydrogens is 276 g/mol. The topological polar surface area (TPSA) is 35.0 Å². The van der Waals surface area contributed by atoms with E-state index in [1.807, 2.05) is 0 Å².